The van der Waals surface area contributed by atoms with Gasteiger partial charge in [-0.1, -0.05) is 0 Å². The van der Waals surface area contributed by atoms with Gasteiger partial charge < -0.3 is 15.7 Å². The Morgan fingerprint density at radius 3 is 2.58 bits per heavy atom. The summed E-state index contributed by atoms with van der Waals surface area (Å²) in [6.45, 7) is 5.97. The summed E-state index contributed by atoms with van der Waals surface area (Å²) < 4.78 is 0. The molecule has 3 N–H and O–H groups in total. The molecule has 0 aliphatic rings. The molecule has 1 rings (SSSR count). The van der Waals surface area contributed by atoms with Crippen molar-refractivity contribution in [1.82, 2.24) is 10.3 Å². The molecular weight excluding hydrogens is 246 g/mol. The lowest BCUT2D eigenvalue weighted by Gasteiger charge is -2.12. The second-order valence-corrected chi connectivity index (χ2v) is 4.42. The molecule has 2 amide bonds. The number of aryl methyl sites for hydroxylation is 3. The van der Waals surface area contributed by atoms with Crippen LogP contribution in [0.25, 0.3) is 0 Å². The average molecular weight is 265 g/mol. The number of hydrogen-bond donors (Lipinski definition) is 3. The third-order valence-electron chi connectivity index (χ3n) is 2.62. The summed E-state index contributed by atoms with van der Waals surface area (Å²) in [5.74, 6) is -0.864. The molecule has 19 heavy (non-hydrogen) atoms. The molecule has 0 bridgehead atoms. The molecular formula is C13H19N3O3. The molecule has 0 radical (unpaired) electrons. The van der Waals surface area contributed by atoms with Crippen LogP contribution in [0, 0.1) is 20.8 Å². The molecule has 6 heteroatoms. The summed E-state index contributed by atoms with van der Waals surface area (Å²) >= 11 is 0. The van der Waals surface area contributed by atoms with Gasteiger partial charge in [0, 0.05) is 18.7 Å². The van der Waals surface area contributed by atoms with Crippen LogP contribution >= 0.6 is 0 Å². The highest BCUT2D eigenvalue weighted by Gasteiger charge is 2.08. The molecule has 0 saturated heterocycles. The number of amides is 2. The zero-order valence-electron chi connectivity index (χ0n) is 11.4. The SMILES string of the molecule is Cc1cc(C)c(NC(=O)NCCCC(=O)O)c(C)n1. The van der Waals surface area contributed by atoms with Crippen molar-refractivity contribution in [3.05, 3.63) is 23.0 Å². The Balaban J connectivity index is 2.51. The Kier molecular flexibility index (Phi) is 5.29. The van der Waals surface area contributed by atoms with Crippen molar-refractivity contribution in [2.75, 3.05) is 11.9 Å². The fraction of sp³-hybridized carbons (Fsp3) is 0.462. The molecule has 0 aromatic carbocycles. The maximum atomic E-state index is 11.6. The lowest BCUT2D eigenvalue weighted by Crippen LogP contribution is -2.30. The number of aliphatic carboxylic acids is 1. The topological polar surface area (TPSA) is 91.3 Å². The van der Waals surface area contributed by atoms with E-state index >= 15 is 0 Å². The van der Waals surface area contributed by atoms with Crippen LogP contribution in [-0.4, -0.2) is 28.6 Å². The molecule has 0 atom stereocenters. The van der Waals surface area contributed by atoms with Crippen LogP contribution in [0.15, 0.2) is 6.07 Å². The van der Waals surface area contributed by atoms with E-state index in [2.05, 4.69) is 15.6 Å². The predicted octanol–water partition coefficient (Wildman–Crippen LogP) is 1.99. The Morgan fingerprint density at radius 1 is 1.32 bits per heavy atom. The van der Waals surface area contributed by atoms with Gasteiger partial charge in [0.15, 0.2) is 0 Å². The van der Waals surface area contributed by atoms with Crippen LogP contribution in [0.4, 0.5) is 10.5 Å². The molecule has 1 heterocycles. The molecule has 0 unspecified atom stereocenters. The van der Waals surface area contributed by atoms with Gasteiger partial charge in [-0.15, -0.1) is 0 Å². The van der Waals surface area contributed by atoms with Crippen LogP contribution in [0.3, 0.4) is 0 Å². The third-order valence-corrected chi connectivity index (χ3v) is 2.62. The van der Waals surface area contributed by atoms with Gasteiger partial charge in [-0.05, 0) is 38.8 Å². The van der Waals surface area contributed by atoms with Gasteiger partial charge in [0.05, 0.1) is 11.4 Å². The first-order valence-corrected chi connectivity index (χ1v) is 6.11. The zero-order chi connectivity index (χ0) is 14.4. The molecule has 0 aliphatic carbocycles. The highest BCUT2D eigenvalue weighted by molar-refractivity contribution is 5.90. The number of rotatable bonds is 5. The predicted molar refractivity (Wildman–Crippen MR) is 72.3 cm³/mol. The van der Waals surface area contributed by atoms with E-state index in [9.17, 15) is 9.59 Å². The van der Waals surface area contributed by atoms with E-state index in [1.807, 2.05) is 26.8 Å². The molecule has 104 valence electrons. The normalized spacial score (nSPS) is 10.1. The van der Waals surface area contributed by atoms with E-state index in [1.165, 1.54) is 0 Å². The number of urea groups is 1. The van der Waals surface area contributed by atoms with Gasteiger partial charge in [-0.3, -0.25) is 9.78 Å². The number of aromatic nitrogens is 1. The number of carboxylic acids is 1. The van der Waals surface area contributed by atoms with Crippen LogP contribution in [0.1, 0.15) is 29.8 Å². The van der Waals surface area contributed by atoms with Crippen LogP contribution in [0.5, 0.6) is 0 Å². The van der Waals surface area contributed by atoms with Crippen molar-refractivity contribution in [2.24, 2.45) is 0 Å². The summed E-state index contributed by atoms with van der Waals surface area (Å²) in [5, 5.41) is 13.8. The van der Waals surface area contributed by atoms with Crippen LogP contribution in [0.2, 0.25) is 0 Å². The fourth-order valence-corrected chi connectivity index (χ4v) is 1.81. The number of pyridine rings is 1. The number of carboxylic acid groups (broad SMARTS) is 1. The van der Waals surface area contributed by atoms with E-state index in [-0.39, 0.29) is 12.5 Å². The number of anilines is 1. The van der Waals surface area contributed by atoms with Crippen molar-refractivity contribution in [2.45, 2.75) is 33.6 Å². The van der Waals surface area contributed by atoms with E-state index in [0.29, 0.717) is 18.7 Å². The van der Waals surface area contributed by atoms with Crippen molar-refractivity contribution in [3.8, 4) is 0 Å². The molecule has 1 aromatic rings. The molecule has 0 aliphatic heterocycles. The quantitative estimate of drug-likeness (QED) is 0.710. The average Bonchev–Trinajstić information content (AvgIpc) is 2.29. The molecule has 0 spiro atoms. The van der Waals surface area contributed by atoms with E-state index in [1.54, 1.807) is 0 Å². The van der Waals surface area contributed by atoms with E-state index < -0.39 is 5.97 Å². The maximum Gasteiger partial charge on any atom is 0.319 e. The number of nitrogens with zero attached hydrogens (tertiary/aromatic N) is 1. The Bertz CT molecular complexity index is 463. The second-order valence-electron chi connectivity index (χ2n) is 4.42. The smallest absolute Gasteiger partial charge is 0.319 e. The van der Waals surface area contributed by atoms with Gasteiger partial charge in [0.1, 0.15) is 0 Å². The van der Waals surface area contributed by atoms with Gasteiger partial charge in [0.25, 0.3) is 0 Å². The first-order chi connectivity index (χ1) is 8.90. The molecule has 1 aromatic heterocycles. The molecule has 0 fully saturated rings. The highest BCUT2D eigenvalue weighted by atomic mass is 16.4. The van der Waals surface area contributed by atoms with Crippen molar-refractivity contribution < 1.29 is 14.7 Å². The largest absolute Gasteiger partial charge is 0.481 e. The first-order valence-electron chi connectivity index (χ1n) is 6.11. The minimum atomic E-state index is -0.864. The Hall–Kier alpha value is -2.11. The van der Waals surface area contributed by atoms with E-state index in [0.717, 1.165) is 17.0 Å². The van der Waals surface area contributed by atoms with Gasteiger partial charge in [-0.25, -0.2) is 4.79 Å². The minimum Gasteiger partial charge on any atom is -0.481 e. The summed E-state index contributed by atoms with van der Waals surface area (Å²) in [6.07, 6.45) is 0.456. The van der Waals surface area contributed by atoms with Crippen molar-refractivity contribution in [3.63, 3.8) is 0 Å². The second kappa shape index (κ2) is 6.72. The van der Waals surface area contributed by atoms with Crippen LogP contribution < -0.4 is 10.6 Å². The summed E-state index contributed by atoms with van der Waals surface area (Å²) in [6, 6.07) is 1.55. The minimum absolute atomic E-state index is 0.0461. The Morgan fingerprint density at radius 2 is 2.00 bits per heavy atom. The zero-order valence-corrected chi connectivity index (χ0v) is 11.4. The fourth-order valence-electron chi connectivity index (χ4n) is 1.81. The van der Waals surface area contributed by atoms with Gasteiger partial charge >= 0.3 is 12.0 Å². The maximum absolute atomic E-state index is 11.6. The highest BCUT2D eigenvalue weighted by Crippen LogP contribution is 2.18. The number of carbonyl (C=O) groups is 2. The number of nitrogens with one attached hydrogen (secondary N) is 2. The standard InChI is InChI=1S/C13H19N3O3/c1-8-7-9(2)15-10(3)12(8)16-13(19)14-6-4-5-11(17)18/h7H,4-6H2,1-3H3,(H,17,18)(H2,14,16,19). The monoisotopic (exact) mass is 265 g/mol. The van der Waals surface area contributed by atoms with Crippen molar-refractivity contribution in [1.29, 1.82) is 0 Å². The first kappa shape index (κ1) is 14.9. The number of hydrogen-bond acceptors (Lipinski definition) is 3. The summed E-state index contributed by atoms with van der Waals surface area (Å²) in [7, 11) is 0. The molecule has 6 nitrogen and oxygen atoms in total. The molecule has 0 saturated carbocycles. The van der Waals surface area contributed by atoms with E-state index in [4.69, 9.17) is 5.11 Å². The summed E-state index contributed by atoms with van der Waals surface area (Å²) in [4.78, 5) is 26.3. The Labute approximate surface area is 112 Å². The number of carbonyl (C=O) groups excluding carboxylic acids is 1. The van der Waals surface area contributed by atoms with Gasteiger partial charge in [-0.2, -0.15) is 0 Å². The lowest BCUT2D eigenvalue weighted by atomic mass is 10.1. The van der Waals surface area contributed by atoms with Crippen LogP contribution in [-0.2, 0) is 4.79 Å². The van der Waals surface area contributed by atoms with Gasteiger partial charge in [0.2, 0.25) is 0 Å². The third kappa shape index (κ3) is 4.95. The van der Waals surface area contributed by atoms with Crippen molar-refractivity contribution >= 4 is 17.7 Å². The summed E-state index contributed by atoms with van der Waals surface area (Å²) in [5.41, 5.74) is 3.31. The lowest BCUT2D eigenvalue weighted by molar-refractivity contribution is -0.137.